The van der Waals surface area contributed by atoms with Crippen LogP contribution in [-0.4, -0.2) is 18.4 Å². The lowest BCUT2D eigenvalue weighted by molar-refractivity contribution is -0.119. The number of halogens is 1. The quantitative estimate of drug-likeness (QED) is 0.424. The highest BCUT2D eigenvalue weighted by atomic mass is 127. The maximum Gasteiger partial charge on any atom is 0.226 e. The zero-order valence-electron chi connectivity index (χ0n) is 14.0. The maximum absolute atomic E-state index is 11.9. The minimum atomic E-state index is 0. The first-order valence-electron chi connectivity index (χ1n) is 8.24. The summed E-state index contributed by atoms with van der Waals surface area (Å²) in [5, 5.41) is 3.06. The van der Waals surface area contributed by atoms with Gasteiger partial charge < -0.3 is 16.0 Å². The van der Waals surface area contributed by atoms with Crippen molar-refractivity contribution in [3.63, 3.8) is 0 Å². The minimum absolute atomic E-state index is 0. The van der Waals surface area contributed by atoms with Gasteiger partial charge in [-0.3, -0.25) is 4.79 Å². The van der Waals surface area contributed by atoms with E-state index in [9.17, 15) is 4.79 Å². The molecule has 0 unspecified atom stereocenters. The fourth-order valence-electron chi connectivity index (χ4n) is 2.75. The number of carbonyl (C=O) groups is 1. The molecule has 1 amide bonds. The second-order valence-electron chi connectivity index (χ2n) is 5.86. The third kappa shape index (κ3) is 5.45. The number of hydrogen-bond acceptors (Lipinski definition) is 2. The molecule has 0 atom stereocenters. The van der Waals surface area contributed by atoms with Gasteiger partial charge in [-0.25, -0.2) is 4.99 Å². The molecule has 0 bridgehead atoms. The Balaban J connectivity index is 0.00000225. The number of carbonyl (C=O) groups excluding carboxylic acids is 1. The summed E-state index contributed by atoms with van der Waals surface area (Å²) in [5.41, 5.74) is 8.84. The molecule has 1 aliphatic heterocycles. The van der Waals surface area contributed by atoms with E-state index < -0.39 is 0 Å². The van der Waals surface area contributed by atoms with Crippen molar-refractivity contribution < 1.29 is 4.79 Å². The minimum Gasteiger partial charge on any atom is -0.370 e. The summed E-state index contributed by atoms with van der Waals surface area (Å²) in [4.78, 5) is 18.2. The van der Waals surface area contributed by atoms with Gasteiger partial charge in [0.25, 0.3) is 0 Å². The van der Waals surface area contributed by atoms with Gasteiger partial charge in [-0.15, -0.1) is 24.0 Å². The van der Waals surface area contributed by atoms with Crippen LogP contribution in [0.4, 0.5) is 11.4 Å². The molecule has 132 valence electrons. The largest absolute Gasteiger partial charge is 0.370 e. The number of piperidine rings is 1. The first-order valence-corrected chi connectivity index (χ1v) is 8.24. The standard InChI is InChI=1S/C19H22N4O.HI/c20-19(22-16-6-2-1-3-7-16)21-14-15-9-11-17(12-10-15)23-13-5-4-8-18(23)24;/h1-3,6-7,9-12H,4-5,8,13-14H2,(H3,20,21,22);1H. The van der Waals surface area contributed by atoms with E-state index in [0.29, 0.717) is 18.9 Å². The van der Waals surface area contributed by atoms with Crippen LogP contribution in [0.5, 0.6) is 0 Å². The molecule has 1 heterocycles. The number of para-hydroxylation sites is 1. The van der Waals surface area contributed by atoms with Crippen LogP contribution in [0.3, 0.4) is 0 Å². The Morgan fingerprint density at radius 2 is 1.80 bits per heavy atom. The molecule has 25 heavy (non-hydrogen) atoms. The molecular formula is C19H23IN4O. The van der Waals surface area contributed by atoms with Crippen molar-refractivity contribution in [1.29, 1.82) is 0 Å². The number of guanidine groups is 1. The van der Waals surface area contributed by atoms with Gasteiger partial charge in [-0.05, 0) is 42.7 Å². The van der Waals surface area contributed by atoms with E-state index in [4.69, 9.17) is 5.73 Å². The average molecular weight is 450 g/mol. The molecule has 0 saturated carbocycles. The predicted molar refractivity (Wildman–Crippen MR) is 113 cm³/mol. The van der Waals surface area contributed by atoms with Crippen LogP contribution in [-0.2, 0) is 11.3 Å². The van der Waals surface area contributed by atoms with Gasteiger partial charge in [0.1, 0.15) is 0 Å². The summed E-state index contributed by atoms with van der Waals surface area (Å²) < 4.78 is 0. The number of hydrogen-bond donors (Lipinski definition) is 2. The Hall–Kier alpha value is -2.09. The zero-order valence-corrected chi connectivity index (χ0v) is 16.4. The van der Waals surface area contributed by atoms with Crippen molar-refractivity contribution in [3.05, 3.63) is 60.2 Å². The molecule has 0 radical (unpaired) electrons. The van der Waals surface area contributed by atoms with Crippen LogP contribution in [0.2, 0.25) is 0 Å². The van der Waals surface area contributed by atoms with Crippen LogP contribution < -0.4 is 16.0 Å². The van der Waals surface area contributed by atoms with E-state index in [-0.39, 0.29) is 29.9 Å². The van der Waals surface area contributed by atoms with E-state index in [2.05, 4.69) is 10.3 Å². The lowest BCUT2D eigenvalue weighted by atomic mass is 10.1. The number of nitrogens with zero attached hydrogens (tertiary/aromatic N) is 2. The molecule has 1 fully saturated rings. The van der Waals surface area contributed by atoms with Gasteiger partial charge in [0.05, 0.1) is 6.54 Å². The summed E-state index contributed by atoms with van der Waals surface area (Å²) in [6.07, 6.45) is 2.71. The number of nitrogens with two attached hydrogens (primary N) is 1. The SMILES string of the molecule is I.NC(=NCc1ccc(N2CCCCC2=O)cc1)Nc1ccccc1. The number of rotatable bonds is 4. The third-order valence-electron chi connectivity index (χ3n) is 4.05. The lowest BCUT2D eigenvalue weighted by Crippen LogP contribution is -2.35. The predicted octanol–water partition coefficient (Wildman–Crippen LogP) is 3.75. The van der Waals surface area contributed by atoms with Crippen molar-refractivity contribution in [1.82, 2.24) is 0 Å². The summed E-state index contributed by atoms with van der Waals surface area (Å²) in [7, 11) is 0. The summed E-state index contributed by atoms with van der Waals surface area (Å²) in [5.74, 6) is 0.597. The highest BCUT2D eigenvalue weighted by Gasteiger charge is 2.19. The Bertz CT molecular complexity index is 716. The molecule has 5 nitrogen and oxygen atoms in total. The van der Waals surface area contributed by atoms with Crippen LogP contribution in [0.25, 0.3) is 0 Å². The molecule has 0 aliphatic carbocycles. The van der Waals surface area contributed by atoms with Gasteiger partial charge in [-0.1, -0.05) is 30.3 Å². The molecule has 0 spiro atoms. The van der Waals surface area contributed by atoms with Crippen LogP contribution in [0.1, 0.15) is 24.8 Å². The molecule has 0 aromatic heterocycles. The molecule has 1 aliphatic rings. The molecule has 3 N–H and O–H groups in total. The van der Waals surface area contributed by atoms with Crippen molar-refractivity contribution in [2.75, 3.05) is 16.8 Å². The van der Waals surface area contributed by atoms with Crippen LogP contribution in [0.15, 0.2) is 59.6 Å². The Labute approximate surface area is 165 Å². The van der Waals surface area contributed by atoms with Gasteiger partial charge in [0.2, 0.25) is 5.91 Å². The van der Waals surface area contributed by atoms with E-state index in [1.54, 1.807) is 0 Å². The van der Waals surface area contributed by atoms with Gasteiger partial charge in [0.15, 0.2) is 5.96 Å². The summed E-state index contributed by atoms with van der Waals surface area (Å²) in [6, 6.07) is 17.7. The number of aliphatic imine (C=N–C) groups is 1. The van der Waals surface area contributed by atoms with Crippen LogP contribution >= 0.6 is 24.0 Å². The van der Waals surface area contributed by atoms with Crippen molar-refractivity contribution in [3.8, 4) is 0 Å². The van der Waals surface area contributed by atoms with Crippen molar-refractivity contribution in [2.45, 2.75) is 25.8 Å². The third-order valence-corrected chi connectivity index (χ3v) is 4.05. The second-order valence-corrected chi connectivity index (χ2v) is 5.86. The van der Waals surface area contributed by atoms with Crippen LogP contribution in [0, 0.1) is 0 Å². The first kappa shape index (κ1) is 19.2. The molecule has 2 aromatic rings. The van der Waals surface area contributed by atoms with Gasteiger partial charge in [-0.2, -0.15) is 0 Å². The summed E-state index contributed by atoms with van der Waals surface area (Å²) in [6.45, 7) is 1.31. The fraction of sp³-hybridized carbons (Fsp3) is 0.263. The normalized spacial score (nSPS) is 14.8. The number of amides is 1. The molecule has 2 aromatic carbocycles. The Morgan fingerprint density at radius 1 is 1.08 bits per heavy atom. The Kier molecular flexibility index (Phi) is 7.24. The summed E-state index contributed by atoms with van der Waals surface area (Å²) >= 11 is 0. The Morgan fingerprint density at radius 3 is 2.48 bits per heavy atom. The average Bonchev–Trinajstić information content (AvgIpc) is 2.62. The van der Waals surface area contributed by atoms with E-state index in [1.165, 1.54) is 0 Å². The van der Waals surface area contributed by atoms with Crippen molar-refractivity contribution >= 4 is 47.2 Å². The fourth-order valence-corrected chi connectivity index (χ4v) is 2.75. The number of nitrogens with one attached hydrogen (secondary N) is 1. The number of benzene rings is 2. The molecule has 6 heteroatoms. The van der Waals surface area contributed by atoms with E-state index >= 15 is 0 Å². The monoisotopic (exact) mass is 450 g/mol. The number of anilines is 2. The maximum atomic E-state index is 11.9. The van der Waals surface area contributed by atoms with Crippen molar-refractivity contribution in [2.24, 2.45) is 10.7 Å². The molecule has 1 saturated heterocycles. The van der Waals surface area contributed by atoms with E-state index in [1.807, 2.05) is 59.5 Å². The lowest BCUT2D eigenvalue weighted by Gasteiger charge is -2.26. The molecular weight excluding hydrogens is 427 g/mol. The topological polar surface area (TPSA) is 70.7 Å². The van der Waals surface area contributed by atoms with Gasteiger partial charge in [0, 0.05) is 24.3 Å². The van der Waals surface area contributed by atoms with E-state index in [0.717, 1.165) is 36.3 Å². The smallest absolute Gasteiger partial charge is 0.226 e. The molecule has 3 rings (SSSR count). The van der Waals surface area contributed by atoms with Gasteiger partial charge >= 0.3 is 0 Å². The first-order chi connectivity index (χ1) is 11.7. The highest BCUT2D eigenvalue weighted by molar-refractivity contribution is 14.0. The highest BCUT2D eigenvalue weighted by Crippen LogP contribution is 2.21. The second kappa shape index (κ2) is 9.41. The zero-order chi connectivity index (χ0) is 16.8.